The number of benzene rings is 1. The molecule has 1 unspecified atom stereocenters. The molecule has 0 heterocycles. The van der Waals surface area contributed by atoms with Crippen molar-refractivity contribution < 1.29 is 4.74 Å². The molecule has 0 bridgehead atoms. The van der Waals surface area contributed by atoms with E-state index in [1.807, 2.05) is 0 Å². The molecule has 108 valence electrons. The van der Waals surface area contributed by atoms with Gasteiger partial charge in [-0.05, 0) is 50.6 Å². The summed E-state index contributed by atoms with van der Waals surface area (Å²) < 4.78 is 5.26. The van der Waals surface area contributed by atoms with Crippen LogP contribution in [0.4, 0.5) is 5.69 Å². The van der Waals surface area contributed by atoms with Crippen molar-refractivity contribution >= 4 is 5.69 Å². The third-order valence-electron chi connectivity index (χ3n) is 3.50. The number of aryl methyl sites for hydroxylation is 1. The number of hydrogen-bond donors (Lipinski definition) is 1. The van der Waals surface area contributed by atoms with Crippen molar-refractivity contribution in [3.8, 4) is 0 Å². The summed E-state index contributed by atoms with van der Waals surface area (Å²) in [5, 5.41) is 3.38. The summed E-state index contributed by atoms with van der Waals surface area (Å²) in [6, 6.07) is 7.13. The molecule has 1 rings (SSSR count). The molecule has 0 saturated carbocycles. The first-order chi connectivity index (χ1) is 9.13. The van der Waals surface area contributed by atoms with Crippen LogP contribution in [-0.4, -0.2) is 32.8 Å². The van der Waals surface area contributed by atoms with Crippen LogP contribution < -0.4 is 10.2 Å². The molecule has 1 N–H and O–H groups in total. The van der Waals surface area contributed by atoms with Gasteiger partial charge in [0.2, 0.25) is 0 Å². The molecule has 0 saturated heterocycles. The van der Waals surface area contributed by atoms with Gasteiger partial charge in [0.25, 0.3) is 0 Å². The van der Waals surface area contributed by atoms with E-state index < -0.39 is 0 Å². The standard InChI is InChI=1S/C16H28N2O/c1-6-17-11-15-8-9-16(10-13(15)3)18(7-2)14(4)12-19-5/h8-10,14,17H,6-7,11-12H2,1-5H3. The zero-order valence-corrected chi connectivity index (χ0v) is 13.0. The average Bonchev–Trinajstić information content (AvgIpc) is 2.39. The van der Waals surface area contributed by atoms with Crippen LogP contribution in [0.1, 0.15) is 31.9 Å². The molecule has 1 atom stereocenters. The van der Waals surface area contributed by atoms with Crippen LogP contribution in [0.5, 0.6) is 0 Å². The number of methoxy groups -OCH3 is 1. The van der Waals surface area contributed by atoms with Gasteiger partial charge in [0.1, 0.15) is 0 Å². The number of nitrogens with one attached hydrogen (secondary N) is 1. The molecule has 0 amide bonds. The molecule has 1 aromatic carbocycles. The van der Waals surface area contributed by atoms with Crippen molar-refractivity contribution in [2.45, 2.75) is 40.3 Å². The number of rotatable bonds is 8. The summed E-state index contributed by atoms with van der Waals surface area (Å²) in [4.78, 5) is 2.38. The van der Waals surface area contributed by atoms with Gasteiger partial charge >= 0.3 is 0 Å². The van der Waals surface area contributed by atoms with E-state index in [1.54, 1.807) is 7.11 Å². The fourth-order valence-electron chi connectivity index (χ4n) is 2.40. The third kappa shape index (κ3) is 4.51. The van der Waals surface area contributed by atoms with Crippen molar-refractivity contribution in [2.24, 2.45) is 0 Å². The van der Waals surface area contributed by atoms with Gasteiger partial charge in [-0.3, -0.25) is 0 Å². The van der Waals surface area contributed by atoms with Crippen LogP contribution in [0.15, 0.2) is 18.2 Å². The van der Waals surface area contributed by atoms with Gasteiger partial charge in [0.15, 0.2) is 0 Å². The summed E-state index contributed by atoms with van der Waals surface area (Å²) in [5.74, 6) is 0. The Bertz CT molecular complexity index is 379. The maximum Gasteiger partial charge on any atom is 0.0663 e. The van der Waals surface area contributed by atoms with E-state index in [9.17, 15) is 0 Å². The highest BCUT2D eigenvalue weighted by atomic mass is 16.5. The largest absolute Gasteiger partial charge is 0.383 e. The van der Waals surface area contributed by atoms with Crippen molar-refractivity contribution in [3.63, 3.8) is 0 Å². The summed E-state index contributed by atoms with van der Waals surface area (Å²) in [6.07, 6.45) is 0. The Hall–Kier alpha value is -1.06. The van der Waals surface area contributed by atoms with Gasteiger partial charge in [0, 0.05) is 31.9 Å². The van der Waals surface area contributed by atoms with Gasteiger partial charge in [0.05, 0.1) is 6.61 Å². The molecule has 3 nitrogen and oxygen atoms in total. The lowest BCUT2D eigenvalue weighted by molar-refractivity contribution is 0.182. The molecule has 0 aliphatic rings. The molecule has 1 aromatic rings. The van der Waals surface area contributed by atoms with Crippen LogP contribution in [-0.2, 0) is 11.3 Å². The monoisotopic (exact) mass is 264 g/mol. The number of ether oxygens (including phenoxy) is 1. The second-order valence-corrected chi connectivity index (χ2v) is 4.98. The van der Waals surface area contributed by atoms with Gasteiger partial charge in [-0.1, -0.05) is 13.0 Å². The normalized spacial score (nSPS) is 12.5. The Morgan fingerprint density at radius 2 is 2.05 bits per heavy atom. The molecule has 0 aromatic heterocycles. The smallest absolute Gasteiger partial charge is 0.0663 e. The van der Waals surface area contributed by atoms with E-state index in [4.69, 9.17) is 4.74 Å². The maximum absolute atomic E-state index is 5.26. The number of likely N-dealkylation sites (N-methyl/N-ethyl adjacent to an activating group) is 1. The Morgan fingerprint density at radius 3 is 2.58 bits per heavy atom. The Labute approximate surface area is 118 Å². The van der Waals surface area contributed by atoms with Crippen molar-refractivity contribution in [1.29, 1.82) is 0 Å². The first-order valence-corrected chi connectivity index (χ1v) is 7.19. The minimum Gasteiger partial charge on any atom is -0.383 e. The molecule has 19 heavy (non-hydrogen) atoms. The quantitative estimate of drug-likeness (QED) is 0.781. The Balaban J connectivity index is 2.85. The number of nitrogens with zero attached hydrogens (tertiary/aromatic N) is 1. The number of anilines is 1. The molecular formula is C16H28N2O. The number of hydrogen-bond acceptors (Lipinski definition) is 3. The molecule has 0 spiro atoms. The van der Waals surface area contributed by atoms with E-state index in [-0.39, 0.29) is 0 Å². The first kappa shape index (κ1) is 16.0. The predicted octanol–water partition coefficient (Wildman–Crippen LogP) is 2.97. The van der Waals surface area contributed by atoms with Gasteiger partial charge in [-0.15, -0.1) is 0 Å². The Morgan fingerprint density at radius 1 is 1.32 bits per heavy atom. The highest BCUT2D eigenvalue weighted by Gasteiger charge is 2.13. The van der Waals surface area contributed by atoms with Crippen LogP contribution >= 0.6 is 0 Å². The molecular weight excluding hydrogens is 236 g/mol. The van der Waals surface area contributed by atoms with E-state index in [0.29, 0.717) is 6.04 Å². The second kappa shape index (κ2) is 8.18. The Kier molecular flexibility index (Phi) is 6.89. The predicted molar refractivity (Wildman–Crippen MR) is 82.9 cm³/mol. The third-order valence-corrected chi connectivity index (χ3v) is 3.50. The fraction of sp³-hybridized carbons (Fsp3) is 0.625. The lowest BCUT2D eigenvalue weighted by Gasteiger charge is -2.30. The second-order valence-electron chi connectivity index (χ2n) is 4.98. The summed E-state index contributed by atoms with van der Waals surface area (Å²) in [7, 11) is 1.76. The van der Waals surface area contributed by atoms with Crippen LogP contribution in [0.2, 0.25) is 0 Å². The van der Waals surface area contributed by atoms with E-state index in [0.717, 1.165) is 26.2 Å². The van der Waals surface area contributed by atoms with E-state index in [2.05, 4.69) is 56.1 Å². The van der Waals surface area contributed by atoms with E-state index >= 15 is 0 Å². The minimum absolute atomic E-state index is 0.397. The van der Waals surface area contributed by atoms with E-state index in [1.165, 1.54) is 16.8 Å². The van der Waals surface area contributed by atoms with Crippen molar-refractivity contribution in [1.82, 2.24) is 5.32 Å². The fourth-order valence-corrected chi connectivity index (χ4v) is 2.40. The topological polar surface area (TPSA) is 24.5 Å². The van der Waals surface area contributed by atoms with Crippen molar-refractivity contribution in [2.75, 3.05) is 31.7 Å². The lowest BCUT2D eigenvalue weighted by atomic mass is 10.1. The summed E-state index contributed by atoms with van der Waals surface area (Å²) in [6.45, 7) is 12.4. The molecule has 0 aliphatic carbocycles. The maximum atomic E-state index is 5.26. The van der Waals surface area contributed by atoms with Crippen LogP contribution in [0.25, 0.3) is 0 Å². The highest BCUT2D eigenvalue weighted by Crippen LogP contribution is 2.21. The summed E-state index contributed by atoms with van der Waals surface area (Å²) >= 11 is 0. The highest BCUT2D eigenvalue weighted by molar-refractivity contribution is 5.51. The van der Waals surface area contributed by atoms with Gasteiger partial charge in [-0.2, -0.15) is 0 Å². The molecule has 3 heteroatoms. The molecule has 0 radical (unpaired) electrons. The van der Waals surface area contributed by atoms with Gasteiger partial charge in [-0.25, -0.2) is 0 Å². The average molecular weight is 264 g/mol. The molecule has 0 fully saturated rings. The lowest BCUT2D eigenvalue weighted by Crippen LogP contribution is -2.36. The van der Waals surface area contributed by atoms with Crippen molar-refractivity contribution in [3.05, 3.63) is 29.3 Å². The summed E-state index contributed by atoms with van der Waals surface area (Å²) in [5.41, 5.74) is 4.01. The first-order valence-electron chi connectivity index (χ1n) is 7.19. The van der Waals surface area contributed by atoms with Crippen LogP contribution in [0.3, 0.4) is 0 Å². The molecule has 0 aliphatic heterocycles. The van der Waals surface area contributed by atoms with Gasteiger partial charge < -0.3 is 15.0 Å². The SMILES string of the molecule is CCNCc1ccc(N(CC)C(C)COC)cc1C. The van der Waals surface area contributed by atoms with Crippen LogP contribution in [0, 0.1) is 6.92 Å². The zero-order chi connectivity index (χ0) is 14.3. The zero-order valence-electron chi connectivity index (χ0n) is 13.0. The minimum atomic E-state index is 0.397.